The monoisotopic (exact) mass is 277 g/mol. The summed E-state index contributed by atoms with van der Waals surface area (Å²) in [5.74, 6) is 0.452. The van der Waals surface area contributed by atoms with Crippen LogP contribution in [0.2, 0.25) is 0 Å². The van der Waals surface area contributed by atoms with Crippen molar-refractivity contribution in [3.8, 4) is 5.88 Å². The highest BCUT2D eigenvalue weighted by atomic mass is 16.6. The SMILES string of the molecule is [C-]#[N+]C[C@H](COc1ccccn1)NC(=O)OC(C)(C)C. The summed E-state index contributed by atoms with van der Waals surface area (Å²) in [6.07, 6.45) is 1.05. The molecule has 6 nitrogen and oxygen atoms in total. The third-order valence-corrected chi connectivity index (χ3v) is 2.10. The molecule has 1 aromatic heterocycles. The molecule has 1 atom stereocenters. The summed E-state index contributed by atoms with van der Waals surface area (Å²) < 4.78 is 10.6. The van der Waals surface area contributed by atoms with Gasteiger partial charge in [-0.15, -0.1) is 0 Å². The molecule has 0 bridgehead atoms. The second-order valence-corrected chi connectivity index (χ2v) is 5.16. The van der Waals surface area contributed by atoms with E-state index < -0.39 is 17.7 Å². The van der Waals surface area contributed by atoms with E-state index in [1.54, 1.807) is 45.2 Å². The molecule has 0 spiro atoms. The molecule has 1 aromatic rings. The predicted octanol–water partition coefficient (Wildman–Crippen LogP) is 2.27. The van der Waals surface area contributed by atoms with E-state index in [0.29, 0.717) is 5.88 Å². The van der Waals surface area contributed by atoms with Gasteiger partial charge in [-0.3, -0.25) is 0 Å². The largest absolute Gasteiger partial charge is 0.475 e. The standard InChI is InChI=1S/C14H19N3O3/c1-14(2,3)20-13(18)17-11(9-15-4)10-19-12-7-5-6-8-16-12/h5-8,11H,9-10H2,1-3H3,(H,17,18)/t11-/m1/s1. The van der Waals surface area contributed by atoms with Crippen molar-refractivity contribution in [2.45, 2.75) is 32.4 Å². The van der Waals surface area contributed by atoms with Crippen molar-refractivity contribution in [1.29, 1.82) is 0 Å². The van der Waals surface area contributed by atoms with Crippen molar-refractivity contribution in [1.82, 2.24) is 10.3 Å². The normalized spacial score (nSPS) is 12.1. The lowest BCUT2D eigenvalue weighted by molar-refractivity contribution is 0.0492. The first-order chi connectivity index (χ1) is 9.40. The molecule has 0 aliphatic carbocycles. The summed E-state index contributed by atoms with van der Waals surface area (Å²) in [6, 6.07) is 4.85. The Morgan fingerprint density at radius 3 is 2.80 bits per heavy atom. The van der Waals surface area contributed by atoms with Crippen LogP contribution < -0.4 is 10.1 Å². The zero-order valence-corrected chi connectivity index (χ0v) is 11.9. The maximum absolute atomic E-state index is 11.6. The first kappa shape index (κ1) is 15.8. The van der Waals surface area contributed by atoms with Crippen molar-refractivity contribution in [3.63, 3.8) is 0 Å². The van der Waals surface area contributed by atoms with Gasteiger partial charge in [-0.2, -0.15) is 0 Å². The van der Waals surface area contributed by atoms with E-state index >= 15 is 0 Å². The molecule has 20 heavy (non-hydrogen) atoms. The fourth-order valence-corrected chi connectivity index (χ4v) is 1.34. The van der Waals surface area contributed by atoms with Gasteiger partial charge >= 0.3 is 6.09 Å². The smallest absolute Gasteiger partial charge is 0.408 e. The van der Waals surface area contributed by atoms with Crippen LogP contribution in [0.4, 0.5) is 4.79 Å². The van der Waals surface area contributed by atoms with Crippen molar-refractivity contribution in [3.05, 3.63) is 35.8 Å². The summed E-state index contributed by atoms with van der Waals surface area (Å²) in [5, 5.41) is 2.62. The van der Waals surface area contributed by atoms with Crippen LogP contribution in [0.5, 0.6) is 5.88 Å². The number of rotatable bonds is 5. The molecular formula is C14H19N3O3. The molecule has 6 heteroatoms. The van der Waals surface area contributed by atoms with Crippen LogP contribution in [0, 0.1) is 6.57 Å². The quantitative estimate of drug-likeness (QED) is 0.839. The maximum atomic E-state index is 11.6. The number of ether oxygens (including phenoxy) is 2. The third kappa shape index (κ3) is 6.59. The minimum atomic E-state index is -0.575. The molecule has 1 heterocycles. The Hall–Kier alpha value is -2.29. The average molecular weight is 277 g/mol. The molecule has 1 N–H and O–H groups in total. The summed E-state index contributed by atoms with van der Waals surface area (Å²) in [7, 11) is 0. The molecular weight excluding hydrogens is 258 g/mol. The number of hydrogen-bond donors (Lipinski definition) is 1. The summed E-state index contributed by atoms with van der Waals surface area (Å²) >= 11 is 0. The van der Waals surface area contributed by atoms with Gasteiger partial charge in [-0.25, -0.2) is 16.4 Å². The number of amides is 1. The average Bonchev–Trinajstić information content (AvgIpc) is 2.35. The fraction of sp³-hybridized carbons (Fsp3) is 0.500. The Bertz CT molecular complexity index is 463. The van der Waals surface area contributed by atoms with Crippen LogP contribution in [0.3, 0.4) is 0 Å². The lowest BCUT2D eigenvalue weighted by Crippen LogP contribution is -2.43. The van der Waals surface area contributed by atoms with E-state index in [-0.39, 0.29) is 13.2 Å². The van der Waals surface area contributed by atoms with Crippen LogP contribution in [0.1, 0.15) is 20.8 Å². The van der Waals surface area contributed by atoms with Crippen LogP contribution in [-0.4, -0.2) is 35.9 Å². The number of carbonyl (C=O) groups excluding carboxylic acids is 1. The molecule has 0 saturated carbocycles. The number of nitrogens with one attached hydrogen (secondary N) is 1. The Morgan fingerprint density at radius 1 is 1.50 bits per heavy atom. The lowest BCUT2D eigenvalue weighted by atomic mass is 10.2. The van der Waals surface area contributed by atoms with Gasteiger partial charge in [0.25, 0.3) is 0 Å². The van der Waals surface area contributed by atoms with E-state index in [1.807, 2.05) is 0 Å². The minimum absolute atomic E-state index is 0.117. The first-order valence-corrected chi connectivity index (χ1v) is 6.27. The molecule has 0 fully saturated rings. The van der Waals surface area contributed by atoms with Gasteiger partial charge in [0.05, 0.1) is 0 Å². The van der Waals surface area contributed by atoms with Crippen LogP contribution in [0.25, 0.3) is 4.85 Å². The van der Waals surface area contributed by atoms with E-state index in [4.69, 9.17) is 16.0 Å². The van der Waals surface area contributed by atoms with Gasteiger partial charge in [-0.1, -0.05) is 6.07 Å². The molecule has 1 rings (SSSR count). The maximum Gasteiger partial charge on any atom is 0.408 e. The number of hydrogen-bond acceptors (Lipinski definition) is 4. The highest BCUT2D eigenvalue weighted by Gasteiger charge is 2.21. The van der Waals surface area contributed by atoms with E-state index in [9.17, 15) is 4.79 Å². The molecule has 108 valence electrons. The van der Waals surface area contributed by atoms with E-state index in [0.717, 1.165) is 0 Å². The zero-order chi connectivity index (χ0) is 15.0. The molecule has 0 unspecified atom stereocenters. The van der Waals surface area contributed by atoms with Gasteiger partial charge in [-0.05, 0) is 26.8 Å². The molecule has 0 radical (unpaired) electrons. The second kappa shape index (κ2) is 7.34. The molecule has 0 aromatic carbocycles. The number of carbonyl (C=O) groups is 1. The predicted molar refractivity (Wildman–Crippen MR) is 74.4 cm³/mol. The molecule has 0 aliphatic heterocycles. The Balaban J connectivity index is 2.48. The van der Waals surface area contributed by atoms with Crippen molar-refractivity contribution >= 4 is 6.09 Å². The van der Waals surface area contributed by atoms with Gasteiger partial charge in [0.2, 0.25) is 12.4 Å². The van der Waals surface area contributed by atoms with Crippen molar-refractivity contribution < 1.29 is 14.3 Å². The highest BCUT2D eigenvalue weighted by Crippen LogP contribution is 2.07. The molecule has 1 amide bonds. The summed E-state index contributed by atoms with van der Waals surface area (Å²) in [6.45, 7) is 12.5. The Morgan fingerprint density at radius 2 is 2.25 bits per heavy atom. The van der Waals surface area contributed by atoms with Crippen molar-refractivity contribution in [2.24, 2.45) is 0 Å². The zero-order valence-electron chi connectivity index (χ0n) is 11.9. The van der Waals surface area contributed by atoms with Gasteiger partial charge < -0.3 is 19.6 Å². The van der Waals surface area contributed by atoms with E-state index in [2.05, 4.69) is 15.1 Å². The fourth-order valence-electron chi connectivity index (χ4n) is 1.34. The Labute approximate surface area is 118 Å². The lowest BCUT2D eigenvalue weighted by Gasteiger charge is -2.21. The van der Waals surface area contributed by atoms with Gasteiger partial charge in [0.1, 0.15) is 18.2 Å². The van der Waals surface area contributed by atoms with Gasteiger partial charge in [0.15, 0.2) is 0 Å². The topological polar surface area (TPSA) is 64.8 Å². The van der Waals surface area contributed by atoms with Crippen LogP contribution >= 0.6 is 0 Å². The summed E-state index contributed by atoms with van der Waals surface area (Å²) in [4.78, 5) is 18.9. The van der Waals surface area contributed by atoms with Gasteiger partial charge in [0, 0.05) is 12.3 Å². The second-order valence-electron chi connectivity index (χ2n) is 5.16. The van der Waals surface area contributed by atoms with Crippen LogP contribution in [-0.2, 0) is 4.74 Å². The molecule has 0 saturated heterocycles. The van der Waals surface area contributed by atoms with E-state index in [1.165, 1.54) is 0 Å². The highest BCUT2D eigenvalue weighted by molar-refractivity contribution is 5.68. The van der Waals surface area contributed by atoms with Crippen LogP contribution in [0.15, 0.2) is 24.4 Å². The molecule has 0 aliphatic rings. The Kier molecular flexibility index (Phi) is 5.78. The number of alkyl carbamates (subject to hydrolysis) is 1. The third-order valence-electron chi connectivity index (χ3n) is 2.10. The van der Waals surface area contributed by atoms with Crippen molar-refractivity contribution in [2.75, 3.05) is 13.2 Å². The number of nitrogens with zero attached hydrogens (tertiary/aromatic N) is 2. The first-order valence-electron chi connectivity index (χ1n) is 6.27. The number of pyridine rings is 1. The number of aromatic nitrogens is 1. The minimum Gasteiger partial charge on any atom is -0.475 e. The summed E-state index contributed by atoms with van der Waals surface area (Å²) in [5.41, 5.74) is -0.575.